The van der Waals surface area contributed by atoms with E-state index in [1.165, 1.54) is 4.90 Å². The normalized spacial score (nSPS) is 23.4. The first kappa shape index (κ1) is 21.1. The van der Waals surface area contributed by atoms with Gasteiger partial charge in [0.25, 0.3) is 11.8 Å². The molecule has 0 unspecified atom stereocenters. The lowest BCUT2D eigenvalue weighted by Crippen LogP contribution is -2.55. The minimum atomic E-state index is -1.56. The third kappa shape index (κ3) is 2.53. The largest absolute Gasteiger partial charge is 0.450 e. The van der Waals surface area contributed by atoms with Crippen LogP contribution in [0.15, 0.2) is 45.6 Å². The Labute approximate surface area is 196 Å². The molecule has 7 nitrogen and oxygen atoms in total. The molecule has 3 aliphatic heterocycles. The highest BCUT2D eigenvalue weighted by Crippen LogP contribution is 2.52. The summed E-state index contributed by atoms with van der Waals surface area (Å²) in [4.78, 5) is 45.4. The monoisotopic (exact) mass is 458 g/mol. The van der Waals surface area contributed by atoms with Crippen molar-refractivity contribution in [2.45, 2.75) is 45.3 Å². The molecule has 0 saturated carbocycles. The third-order valence-corrected chi connectivity index (χ3v) is 7.58. The van der Waals surface area contributed by atoms with Crippen molar-refractivity contribution < 1.29 is 18.7 Å². The van der Waals surface area contributed by atoms with Gasteiger partial charge in [-0.1, -0.05) is 18.2 Å². The highest BCUT2D eigenvalue weighted by molar-refractivity contribution is 6.17. The van der Waals surface area contributed by atoms with Crippen LogP contribution in [-0.4, -0.2) is 42.5 Å². The van der Waals surface area contributed by atoms with Gasteiger partial charge < -0.3 is 19.0 Å². The van der Waals surface area contributed by atoms with E-state index in [1.807, 2.05) is 45.0 Å². The average molecular weight is 459 g/mol. The van der Waals surface area contributed by atoms with Crippen molar-refractivity contribution >= 4 is 28.5 Å². The van der Waals surface area contributed by atoms with Crippen molar-refractivity contribution in [3.8, 4) is 0 Å². The number of anilines is 1. The summed E-state index contributed by atoms with van der Waals surface area (Å²) >= 11 is 0. The molecule has 1 saturated heterocycles. The van der Waals surface area contributed by atoms with Crippen molar-refractivity contribution in [1.82, 2.24) is 4.90 Å². The fourth-order valence-electron chi connectivity index (χ4n) is 5.80. The Hall–Kier alpha value is -3.45. The lowest BCUT2D eigenvalue weighted by molar-refractivity contribution is -0.126. The molecule has 4 heterocycles. The fourth-order valence-corrected chi connectivity index (χ4v) is 5.80. The third-order valence-electron chi connectivity index (χ3n) is 7.58. The van der Waals surface area contributed by atoms with Crippen LogP contribution in [0.4, 0.5) is 5.69 Å². The standard InChI is InChI=1S/C27H26N2O5/c1-4-28-20-10-6-5-9-19(20)27(26(28)32)22-23(30)18-12-15(2)16(3)13-21(18)34-24(22)25(31)29(27)14-17-8-7-11-33-17/h5-6,9-10,12-13,17H,4,7-8,11,14H2,1-3H3/t17-,27-/m1/s1. The van der Waals surface area contributed by atoms with Crippen LogP contribution in [0.25, 0.3) is 11.0 Å². The molecule has 2 amide bonds. The zero-order valence-corrected chi connectivity index (χ0v) is 19.5. The van der Waals surface area contributed by atoms with Gasteiger partial charge in [0, 0.05) is 25.3 Å². The van der Waals surface area contributed by atoms with Gasteiger partial charge in [-0.2, -0.15) is 0 Å². The maximum Gasteiger partial charge on any atom is 0.291 e. The number of fused-ring (bicyclic) bond motifs is 5. The van der Waals surface area contributed by atoms with E-state index in [0.717, 1.165) is 24.0 Å². The van der Waals surface area contributed by atoms with Gasteiger partial charge in [-0.05, 0) is 62.9 Å². The number of carbonyl (C=O) groups excluding carboxylic acids is 2. The average Bonchev–Trinajstić information content (AvgIpc) is 3.49. The number of hydrogen-bond acceptors (Lipinski definition) is 5. The second kappa shape index (κ2) is 7.27. The van der Waals surface area contributed by atoms with Gasteiger partial charge in [0.05, 0.1) is 22.7 Å². The molecule has 3 aromatic rings. The molecule has 6 rings (SSSR count). The number of amides is 2. The molecule has 174 valence electrons. The van der Waals surface area contributed by atoms with Gasteiger partial charge in [0.1, 0.15) is 5.58 Å². The maximum atomic E-state index is 14.2. The number of para-hydroxylation sites is 1. The Morgan fingerprint density at radius 3 is 2.59 bits per heavy atom. The topological polar surface area (TPSA) is 80.1 Å². The molecular formula is C27H26N2O5. The molecule has 7 heteroatoms. The van der Waals surface area contributed by atoms with Crippen molar-refractivity contribution in [2.75, 3.05) is 24.6 Å². The van der Waals surface area contributed by atoms with Gasteiger partial charge in [0.15, 0.2) is 11.0 Å². The molecule has 1 spiro atoms. The Kier molecular flexibility index (Phi) is 4.51. The van der Waals surface area contributed by atoms with Crippen LogP contribution in [0.1, 0.15) is 52.6 Å². The zero-order chi connectivity index (χ0) is 23.8. The van der Waals surface area contributed by atoms with Crippen LogP contribution >= 0.6 is 0 Å². The van der Waals surface area contributed by atoms with Crippen molar-refractivity contribution in [2.24, 2.45) is 0 Å². The van der Waals surface area contributed by atoms with E-state index in [4.69, 9.17) is 9.15 Å². The molecular weight excluding hydrogens is 432 g/mol. The smallest absolute Gasteiger partial charge is 0.291 e. The quantitative estimate of drug-likeness (QED) is 0.599. The van der Waals surface area contributed by atoms with Gasteiger partial charge >= 0.3 is 0 Å². The number of likely N-dealkylation sites (N-methyl/N-ethyl adjacent to an activating group) is 1. The summed E-state index contributed by atoms with van der Waals surface area (Å²) in [7, 11) is 0. The van der Waals surface area contributed by atoms with E-state index >= 15 is 0 Å². The first-order valence-electron chi connectivity index (χ1n) is 11.8. The highest BCUT2D eigenvalue weighted by atomic mass is 16.5. The van der Waals surface area contributed by atoms with Crippen molar-refractivity contribution in [3.05, 3.63) is 74.6 Å². The number of aryl methyl sites for hydroxylation is 2. The summed E-state index contributed by atoms with van der Waals surface area (Å²) < 4.78 is 12.0. The van der Waals surface area contributed by atoms with E-state index in [1.54, 1.807) is 17.0 Å². The predicted octanol–water partition coefficient (Wildman–Crippen LogP) is 3.65. The first-order valence-corrected chi connectivity index (χ1v) is 11.8. The van der Waals surface area contributed by atoms with E-state index < -0.39 is 11.4 Å². The first-order chi connectivity index (χ1) is 16.4. The summed E-state index contributed by atoms with van der Waals surface area (Å²) in [5.74, 6) is -0.777. The minimum absolute atomic E-state index is 0.0418. The number of ether oxygens (including phenoxy) is 1. The molecule has 2 atom stereocenters. The summed E-state index contributed by atoms with van der Waals surface area (Å²) in [5.41, 5.74) is 1.87. The molecule has 0 bridgehead atoms. The van der Waals surface area contributed by atoms with Gasteiger partial charge in [-0.3, -0.25) is 14.4 Å². The van der Waals surface area contributed by atoms with Crippen LogP contribution in [0, 0.1) is 13.8 Å². The predicted molar refractivity (Wildman–Crippen MR) is 127 cm³/mol. The fraction of sp³-hybridized carbons (Fsp3) is 0.370. The highest BCUT2D eigenvalue weighted by Gasteiger charge is 2.65. The van der Waals surface area contributed by atoms with Crippen LogP contribution in [0.2, 0.25) is 0 Å². The van der Waals surface area contributed by atoms with E-state index in [-0.39, 0.29) is 35.3 Å². The molecule has 0 radical (unpaired) electrons. The molecule has 1 aromatic heterocycles. The number of nitrogens with zero attached hydrogens (tertiary/aromatic N) is 2. The Morgan fingerprint density at radius 1 is 1.09 bits per heavy atom. The maximum absolute atomic E-state index is 14.2. The number of benzene rings is 2. The molecule has 0 aliphatic carbocycles. The van der Waals surface area contributed by atoms with Gasteiger partial charge in [-0.25, -0.2) is 0 Å². The summed E-state index contributed by atoms with van der Waals surface area (Å²) in [6.07, 6.45) is 1.50. The van der Waals surface area contributed by atoms with Crippen molar-refractivity contribution in [3.63, 3.8) is 0 Å². The lowest BCUT2D eigenvalue weighted by atomic mass is 9.83. The lowest BCUT2D eigenvalue weighted by Gasteiger charge is -2.35. The SMILES string of the molecule is CCN1C(=O)[C@@]2(c3ccccc31)c1c(oc3cc(C)c(C)cc3c1=O)C(=O)N2C[C@H]1CCCO1. The zero-order valence-electron chi connectivity index (χ0n) is 19.5. The number of hydrogen-bond donors (Lipinski definition) is 0. The van der Waals surface area contributed by atoms with Crippen LogP contribution in [-0.2, 0) is 15.1 Å². The van der Waals surface area contributed by atoms with E-state index in [9.17, 15) is 14.4 Å². The second-order valence-electron chi connectivity index (χ2n) is 9.40. The Balaban J connectivity index is 1.71. The van der Waals surface area contributed by atoms with Crippen LogP contribution < -0.4 is 10.3 Å². The summed E-state index contributed by atoms with van der Waals surface area (Å²) in [5, 5.41) is 0.383. The summed E-state index contributed by atoms with van der Waals surface area (Å²) in [6, 6.07) is 11.0. The molecule has 1 fully saturated rings. The Morgan fingerprint density at radius 2 is 1.85 bits per heavy atom. The van der Waals surface area contributed by atoms with Crippen LogP contribution in [0.5, 0.6) is 0 Å². The van der Waals surface area contributed by atoms with Gasteiger partial charge in [-0.15, -0.1) is 0 Å². The van der Waals surface area contributed by atoms with E-state index in [0.29, 0.717) is 35.4 Å². The van der Waals surface area contributed by atoms with E-state index in [2.05, 4.69) is 0 Å². The Bertz CT molecular complexity index is 1430. The molecule has 2 aromatic carbocycles. The van der Waals surface area contributed by atoms with Gasteiger partial charge in [0.2, 0.25) is 5.76 Å². The molecule has 34 heavy (non-hydrogen) atoms. The summed E-state index contributed by atoms with van der Waals surface area (Å²) in [6.45, 7) is 7.02. The molecule has 3 aliphatic rings. The second-order valence-corrected chi connectivity index (χ2v) is 9.40. The number of carbonyl (C=O) groups is 2. The molecule has 0 N–H and O–H groups in total. The van der Waals surface area contributed by atoms with Crippen LogP contribution in [0.3, 0.4) is 0 Å². The van der Waals surface area contributed by atoms with Crippen molar-refractivity contribution in [1.29, 1.82) is 0 Å². The number of rotatable bonds is 3. The minimum Gasteiger partial charge on any atom is -0.450 e.